The quantitative estimate of drug-likeness (QED) is 0.578. The van der Waals surface area contributed by atoms with Crippen LogP contribution in [0.5, 0.6) is 0 Å². The standard InChI is InChI=1S/C17H35NO2/c1-5-7-8-14(6-2)12-20-13-16(19)11-18-10-15-9-17(15,3)4/h14-16,18-19H,5-13H2,1-4H3. The van der Waals surface area contributed by atoms with Crippen LogP contribution in [0.3, 0.4) is 0 Å². The van der Waals surface area contributed by atoms with E-state index in [0.717, 1.165) is 19.1 Å². The van der Waals surface area contributed by atoms with E-state index in [2.05, 4.69) is 33.0 Å². The molecule has 20 heavy (non-hydrogen) atoms. The summed E-state index contributed by atoms with van der Waals surface area (Å²) in [5.74, 6) is 1.44. The Morgan fingerprint density at radius 2 is 2.00 bits per heavy atom. The highest BCUT2D eigenvalue weighted by molar-refractivity contribution is 4.96. The molecule has 0 radical (unpaired) electrons. The molecule has 3 nitrogen and oxygen atoms in total. The van der Waals surface area contributed by atoms with E-state index in [-0.39, 0.29) is 6.10 Å². The van der Waals surface area contributed by atoms with Gasteiger partial charge < -0.3 is 15.2 Å². The Hall–Kier alpha value is -0.120. The fourth-order valence-corrected chi connectivity index (χ4v) is 2.68. The molecule has 0 saturated heterocycles. The molecule has 0 spiro atoms. The summed E-state index contributed by atoms with van der Waals surface area (Å²) in [6.45, 7) is 12.0. The second-order valence-corrected chi connectivity index (χ2v) is 7.16. The minimum atomic E-state index is -0.374. The Kier molecular flexibility index (Phi) is 8.08. The topological polar surface area (TPSA) is 41.5 Å². The third-order valence-corrected chi connectivity index (χ3v) is 4.70. The Balaban J connectivity index is 1.97. The van der Waals surface area contributed by atoms with Crippen LogP contribution in [0.15, 0.2) is 0 Å². The van der Waals surface area contributed by atoms with E-state index >= 15 is 0 Å². The van der Waals surface area contributed by atoms with Gasteiger partial charge in [-0.2, -0.15) is 0 Å². The molecule has 1 aliphatic rings. The van der Waals surface area contributed by atoms with Crippen LogP contribution in [0.4, 0.5) is 0 Å². The monoisotopic (exact) mass is 285 g/mol. The smallest absolute Gasteiger partial charge is 0.0897 e. The molecular formula is C17H35NO2. The molecule has 0 aliphatic heterocycles. The molecule has 0 aromatic heterocycles. The van der Waals surface area contributed by atoms with Crippen molar-refractivity contribution in [3.63, 3.8) is 0 Å². The largest absolute Gasteiger partial charge is 0.389 e. The van der Waals surface area contributed by atoms with Gasteiger partial charge in [-0.15, -0.1) is 0 Å². The molecule has 3 atom stereocenters. The predicted molar refractivity (Wildman–Crippen MR) is 84.9 cm³/mol. The van der Waals surface area contributed by atoms with E-state index in [1.807, 2.05) is 0 Å². The molecule has 0 bridgehead atoms. The number of aliphatic hydroxyl groups excluding tert-OH is 1. The zero-order valence-electron chi connectivity index (χ0n) is 14.0. The van der Waals surface area contributed by atoms with Crippen LogP contribution in [0.2, 0.25) is 0 Å². The summed E-state index contributed by atoms with van der Waals surface area (Å²) in [6.07, 6.45) is 5.88. The van der Waals surface area contributed by atoms with Gasteiger partial charge in [0.25, 0.3) is 0 Å². The van der Waals surface area contributed by atoms with Crippen molar-refractivity contribution in [2.75, 3.05) is 26.3 Å². The van der Waals surface area contributed by atoms with Gasteiger partial charge in [-0.3, -0.25) is 0 Å². The second-order valence-electron chi connectivity index (χ2n) is 7.16. The van der Waals surface area contributed by atoms with E-state index in [1.165, 1.54) is 32.1 Å². The maximum absolute atomic E-state index is 9.89. The highest BCUT2D eigenvalue weighted by Crippen LogP contribution is 2.50. The highest BCUT2D eigenvalue weighted by atomic mass is 16.5. The van der Waals surface area contributed by atoms with Gasteiger partial charge in [0.1, 0.15) is 0 Å². The Morgan fingerprint density at radius 3 is 2.55 bits per heavy atom. The molecular weight excluding hydrogens is 250 g/mol. The van der Waals surface area contributed by atoms with Crippen molar-refractivity contribution in [2.24, 2.45) is 17.3 Å². The average molecular weight is 285 g/mol. The van der Waals surface area contributed by atoms with Crippen LogP contribution in [0.1, 0.15) is 59.8 Å². The fourth-order valence-electron chi connectivity index (χ4n) is 2.68. The van der Waals surface area contributed by atoms with Crippen LogP contribution in [-0.2, 0) is 4.74 Å². The lowest BCUT2D eigenvalue weighted by Gasteiger charge is -2.17. The van der Waals surface area contributed by atoms with E-state index in [1.54, 1.807) is 0 Å². The van der Waals surface area contributed by atoms with Crippen LogP contribution >= 0.6 is 0 Å². The van der Waals surface area contributed by atoms with Gasteiger partial charge in [0, 0.05) is 13.2 Å². The molecule has 1 fully saturated rings. The Bertz CT molecular complexity index is 255. The van der Waals surface area contributed by atoms with E-state index in [0.29, 0.717) is 24.5 Å². The molecule has 0 aromatic carbocycles. The normalized spacial score (nSPS) is 23.6. The first kappa shape index (κ1) is 17.9. The van der Waals surface area contributed by atoms with Crippen molar-refractivity contribution in [1.82, 2.24) is 5.32 Å². The Labute approximate surface area is 125 Å². The lowest BCUT2D eigenvalue weighted by atomic mass is 10.0. The van der Waals surface area contributed by atoms with Crippen molar-refractivity contribution in [3.05, 3.63) is 0 Å². The zero-order valence-corrected chi connectivity index (χ0v) is 14.0. The van der Waals surface area contributed by atoms with Gasteiger partial charge in [-0.25, -0.2) is 0 Å². The number of hydrogen-bond acceptors (Lipinski definition) is 3. The zero-order chi connectivity index (χ0) is 15.0. The molecule has 120 valence electrons. The van der Waals surface area contributed by atoms with Gasteiger partial charge in [-0.05, 0) is 36.6 Å². The molecule has 3 unspecified atom stereocenters. The SMILES string of the molecule is CCCCC(CC)COCC(O)CNCC1CC1(C)C. The van der Waals surface area contributed by atoms with Crippen LogP contribution < -0.4 is 5.32 Å². The van der Waals surface area contributed by atoms with E-state index < -0.39 is 0 Å². The van der Waals surface area contributed by atoms with Crippen molar-refractivity contribution < 1.29 is 9.84 Å². The van der Waals surface area contributed by atoms with Crippen molar-refractivity contribution in [3.8, 4) is 0 Å². The summed E-state index contributed by atoms with van der Waals surface area (Å²) >= 11 is 0. The molecule has 3 heteroatoms. The molecule has 0 aromatic rings. The van der Waals surface area contributed by atoms with Crippen molar-refractivity contribution in [1.29, 1.82) is 0 Å². The second kappa shape index (κ2) is 9.01. The first-order chi connectivity index (χ1) is 9.49. The van der Waals surface area contributed by atoms with Gasteiger partial charge in [0.05, 0.1) is 12.7 Å². The predicted octanol–water partition coefficient (Wildman–Crippen LogP) is 3.22. The number of unbranched alkanes of at least 4 members (excludes halogenated alkanes) is 1. The van der Waals surface area contributed by atoms with Gasteiger partial charge in [0.15, 0.2) is 0 Å². The first-order valence-corrected chi connectivity index (χ1v) is 8.46. The molecule has 0 heterocycles. The third-order valence-electron chi connectivity index (χ3n) is 4.70. The van der Waals surface area contributed by atoms with Crippen molar-refractivity contribution in [2.45, 2.75) is 65.9 Å². The van der Waals surface area contributed by atoms with E-state index in [9.17, 15) is 5.11 Å². The maximum Gasteiger partial charge on any atom is 0.0897 e. The summed E-state index contributed by atoms with van der Waals surface area (Å²) in [5.41, 5.74) is 0.516. The molecule has 1 rings (SSSR count). The summed E-state index contributed by atoms with van der Waals surface area (Å²) in [7, 11) is 0. The lowest BCUT2D eigenvalue weighted by Crippen LogP contribution is -2.32. The molecule has 0 amide bonds. The number of rotatable bonds is 12. The fraction of sp³-hybridized carbons (Fsp3) is 1.00. The van der Waals surface area contributed by atoms with Gasteiger partial charge >= 0.3 is 0 Å². The third kappa shape index (κ3) is 7.05. The van der Waals surface area contributed by atoms with Crippen LogP contribution in [-0.4, -0.2) is 37.5 Å². The van der Waals surface area contributed by atoms with Gasteiger partial charge in [0.2, 0.25) is 0 Å². The number of nitrogens with one attached hydrogen (secondary N) is 1. The Morgan fingerprint density at radius 1 is 1.30 bits per heavy atom. The summed E-state index contributed by atoms with van der Waals surface area (Å²) < 4.78 is 5.67. The maximum atomic E-state index is 9.89. The van der Waals surface area contributed by atoms with Crippen LogP contribution in [0, 0.1) is 17.3 Å². The average Bonchev–Trinajstić information content (AvgIpc) is 3.01. The lowest BCUT2D eigenvalue weighted by molar-refractivity contribution is 0.0192. The molecule has 1 saturated carbocycles. The minimum Gasteiger partial charge on any atom is -0.389 e. The summed E-state index contributed by atoms with van der Waals surface area (Å²) in [6, 6.07) is 0. The minimum absolute atomic E-state index is 0.374. The first-order valence-electron chi connectivity index (χ1n) is 8.46. The van der Waals surface area contributed by atoms with Gasteiger partial charge in [-0.1, -0.05) is 47.0 Å². The molecule has 1 aliphatic carbocycles. The number of ether oxygens (including phenoxy) is 1. The number of aliphatic hydroxyl groups is 1. The summed E-state index contributed by atoms with van der Waals surface area (Å²) in [4.78, 5) is 0. The molecule has 2 N–H and O–H groups in total. The van der Waals surface area contributed by atoms with E-state index in [4.69, 9.17) is 4.74 Å². The van der Waals surface area contributed by atoms with Crippen LogP contribution in [0.25, 0.3) is 0 Å². The highest BCUT2D eigenvalue weighted by Gasteiger charge is 2.44. The number of hydrogen-bond donors (Lipinski definition) is 2. The van der Waals surface area contributed by atoms with Crippen molar-refractivity contribution >= 4 is 0 Å². The summed E-state index contributed by atoms with van der Waals surface area (Å²) in [5, 5.41) is 13.2.